The molecule has 1 unspecified atom stereocenters. The molecule has 1 aliphatic heterocycles. The number of amides is 1. The molecule has 5 nitrogen and oxygen atoms in total. The number of ether oxygens (including phenoxy) is 1. The highest BCUT2D eigenvalue weighted by molar-refractivity contribution is 6.09. The summed E-state index contributed by atoms with van der Waals surface area (Å²) in [5.41, 5.74) is 1.06. The number of aliphatic hydroxyl groups excluding tert-OH is 1. The first-order chi connectivity index (χ1) is 12.6. The van der Waals surface area contributed by atoms with Gasteiger partial charge in [0.25, 0.3) is 5.91 Å². The molecule has 0 aromatic heterocycles. The third-order valence-electron chi connectivity index (χ3n) is 4.79. The van der Waals surface area contributed by atoms with Crippen molar-refractivity contribution in [3.05, 3.63) is 59.4 Å². The number of Topliss-reactive ketones (excluding diaryl/α,β-unsaturated/α-hetero) is 1. The molecule has 1 amide bonds. The molecule has 0 saturated carbocycles. The zero-order valence-electron chi connectivity index (χ0n) is 15.1. The van der Waals surface area contributed by atoms with Crippen LogP contribution in [0, 0.1) is 0 Å². The number of hydrogen-bond acceptors (Lipinski definition) is 4. The Morgan fingerprint density at radius 1 is 1.19 bits per heavy atom. The zero-order chi connectivity index (χ0) is 18.7. The number of hydrogen-bond donors (Lipinski definition) is 1. The zero-order valence-corrected chi connectivity index (χ0v) is 15.1. The summed E-state index contributed by atoms with van der Waals surface area (Å²) in [4.78, 5) is 26.8. The maximum Gasteiger partial charge on any atom is 0.290 e. The maximum atomic E-state index is 12.7. The summed E-state index contributed by atoms with van der Waals surface area (Å²) in [6, 6.07) is 13.1. The second-order valence-electron chi connectivity index (χ2n) is 6.35. The van der Waals surface area contributed by atoms with Crippen LogP contribution in [0.2, 0.25) is 0 Å². The van der Waals surface area contributed by atoms with Crippen LogP contribution in [0.4, 0.5) is 0 Å². The maximum absolute atomic E-state index is 12.7. The molecule has 1 aliphatic rings. The normalized spacial score (nSPS) is 17.4. The quantitative estimate of drug-likeness (QED) is 0.773. The van der Waals surface area contributed by atoms with Gasteiger partial charge in [0.2, 0.25) is 0 Å². The van der Waals surface area contributed by atoms with E-state index in [0.29, 0.717) is 19.6 Å². The van der Waals surface area contributed by atoms with Gasteiger partial charge in [0.1, 0.15) is 0 Å². The van der Waals surface area contributed by atoms with Gasteiger partial charge in [-0.15, -0.1) is 0 Å². The van der Waals surface area contributed by atoms with Gasteiger partial charge >= 0.3 is 0 Å². The molecule has 0 radical (unpaired) electrons. The van der Waals surface area contributed by atoms with Gasteiger partial charge in [-0.3, -0.25) is 9.59 Å². The van der Waals surface area contributed by atoms with Crippen LogP contribution >= 0.6 is 0 Å². The number of fused-ring (bicyclic) bond motifs is 1. The lowest BCUT2D eigenvalue weighted by Crippen LogP contribution is -2.32. The van der Waals surface area contributed by atoms with Crippen molar-refractivity contribution in [2.24, 2.45) is 0 Å². The van der Waals surface area contributed by atoms with Gasteiger partial charge in [0.15, 0.2) is 11.5 Å². The molecule has 26 heavy (non-hydrogen) atoms. The van der Waals surface area contributed by atoms with Crippen LogP contribution in [0.5, 0.6) is 0 Å². The summed E-state index contributed by atoms with van der Waals surface area (Å²) in [6.45, 7) is 2.65. The number of ketones is 1. The Bertz CT molecular complexity index is 866. The highest BCUT2D eigenvalue weighted by Gasteiger charge is 2.43. The van der Waals surface area contributed by atoms with Crippen LogP contribution in [0.15, 0.2) is 53.8 Å². The van der Waals surface area contributed by atoms with E-state index in [1.165, 1.54) is 0 Å². The molecule has 1 N–H and O–H groups in total. The predicted octanol–water partition coefficient (Wildman–Crippen LogP) is 3.55. The largest absolute Gasteiger partial charge is 0.503 e. The summed E-state index contributed by atoms with van der Waals surface area (Å²) in [7, 11) is 1.61. The van der Waals surface area contributed by atoms with Crippen molar-refractivity contribution >= 4 is 22.5 Å². The van der Waals surface area contributed by atoms with Gasteiger partial charge in [-0.2, -0.15) is 0 Å². The Balaban J connectivity index is 2.13. The molecule has 2 aromatic carbocycles. The van der Waals surface area contributed by atoms with E-state index in [1.807, 2.05) is 42.5 Å². The van der Waals surface area contributed by atoms with E-state index in [1.54, 1.807) is 18.9 Å². The fourth-order valence-corrected chi connectivity index (χ4v) is 3.55. The van der Waals surface area contributed by atoms with Gasteiger partial charge < -0.3 is 14.7 Å². The molecular formula is C21H23NO4. The van der Waals surface area contributed by atoms with Crippen LogP contribution in [0.3, 0.4) is 0 Å². The summed E-state index contributed by atoms with van der Waals surface area (Å²) < 4.78 is 5.09. The molecule has 2 aromatic rings. The number of methoxy groups -OCH3 is 1. The molecule has 1 atom stereocenters. The standard InChI is InChI=1S/C21H23NO4/c1-3-17(23)18-19(22(12-7-13-26-2)21(25)20(18)24)16-11-6-9-14-8-4-5-10-15(14)16/h4-6,8-11,19,24H,3,7,12-13H2,1-2H3. The molecule has 1 heterocycles. The topological polar surface area (TPSA) is 66.8 Å². The van der Waals surface area contributed by atoms with Crippen molar-refractivity contribution in [2.75, 3.05) is 20.3 Å². The van der Waals surface area contributed by atoms with E-state index < -0.39 is 17.7 Å². The van der Waals surface area contributed by atoms with Crippen LogP contribution in [0.25, 0.3) is 10.8 Å². The summed E-state index contributed by atoms with van der Waals surface area (Å²) >= 11 is 0. The molecule has 0 bridgehead atoms. The summed E-state index contributed by atoms with van der Waals surface area (Å²) in [5, 5.41) is 12.4. The minimum absolute atomic E-state index is 0.200. The SMILES string of the molecule is CCC(=O)C1=C(O)C(=O)N(CCCOC)C1c1cccc2ccccc12. The molecule has 0 saturated heterocycles. The Morgan fingerprint density at radius 3 is 2.65 bits per heavy atom. The van der Waals surface area contributed by atoms with Gasteiger partial charge in [-0.1, -0.05) is 49.4 Å². The average molecular weight is 353 g/mol. The van der Waals surface area contributed by atoms with Crippen LogP contribution in [-0.2, 0) is 14.3 Å². The molecular weight excluding hydrogens is 330 g/mol. The number of carbonyl (C=O) groups is 2. The Hall–Kier alpha value is -2.66. The summed E-state index contributed by atoms with van der Waals surface area (Å²) in [5.74, 6) is -1.12. The first kappa shape index (κ1) is 18.1. The third kappa shape index (κ3) is 3.10. The van der Waals surface area contributed by atoms with E-state index in [2.05, 4.69) is 0 Å². The highest BCUT2D eigenvalue weighted by Crippen LogP contribution is 2.40. The Kier molecular flexibility index (Phi) is 5.38. The fourth-order valence-electron chi connectivity index (χ4n) is 3.55. The van der Waals surface area contributed by atoms with E-state index >= 15 is 0 Å². The van der Waals surface area contributed by atoms with Crippen molar-refractivity contribution in [1.82, 2.24) is 4.90 Å². The van der Waals surface area contributed by atoms with Crippen molar-refractivity contribution < 1.29 is 19.4 Å². The highest BCUT2D eigenvalue weighted by atomic mass is 16.5. The average Bonchev–Trinajstić information content (AvgIpc) is 2.92. The number of nitrogens with zero attached hydrogens (tertiary/aromatic N) is 1. The first-order valence-corrected chi connectivity index (χ1v) is 8.84. The number of rotatable bonds is 7. The summed E-state index contributed by atoms with van der Waals surface area (Å²) in [6.07, 6.45) is 0.865. The molecule has 3 rings (SSSR count). The fraction of sp³-hybridized carbons (Fsp3) is 0.333. The molecule has 5 heteroatoms. The Morgan fingerprint density at radius 2 is 1.92 bits per heavy atom. The first-order valence-electron chi connectivity index (χ1n) is 8.84. The van der Waals surface area contributed by atoms with Crippen LogP contribution in [-0.4, -0.2) is 42.0 Å². The van der Waals surface area contributed by atoms with Crippen LogP contribution < -0.4 is 0 Å². The molecule has 0 spiro atoms. The van der Waals surface area contributed by atoms with Gasteiger partial charge in [-0.05, 0) is 22.8 Å². The lowest BCUT2D eigenvalue weighted by Gasteiger charge is -2.27. The van der Waals surface area contributed by atoms with Crippen LogP contribution in [0.1, 0.15) is 31.4 Å². The van der Waals surface area contributed by atoms with Crippen molar-refractivity contribution in [3.63, 3.8) is 0 Å². The lowest BCUT2D eigenvalue weighted by atomic mass is 9.91. The number of benzene rings is 2. The second kappa shape index (κ2) is 7.70. The lowest BCUT2D eigenvalue weighted by molar-refractivity contribution is -0.129. The van der Waals surface area contributed by atoms with Crippen molar-refractivity contribution in [2.45, 2.75) is 25.8 Å². The second-order valence-corrected chi connectivity index (χ2v) is 6.35. The number of carbonyl (C=O) groups excluding carboxylic acids is 2. The smallest absolute Gasteiger partial charge is 0.290 e. The Labute approximate surface area is 152 Å². The minimum atomic E-state index is -0.571. The van der Waals surface area contributed by atoms with Gasteiger partial charge in [-0.25, -0.2) is 0 Å². The minimum Gasteiger partial charge on any atom is -0.503 e. The predicted molar refractivity (Wildman–Crippen MR) is 99.8 cm³/mol. The van der Waals surface area contributed by atoms with E-state index in [9.17, 15) is 14.7 Å². The molecule has 136 valence electrons. The molecule has 0 fully saturated rings. The van der Waals surface area contributed by atoms with Crippen molar-refractivity contribution in [1.29, 1.82) is 0 Å². The molecule has 0 aliphatic carbocycles. The van der Waals surface area contributed by atoms with Gasteiger partial charge in [0, 0.05) is 26.7 Å². The monoisotopic (exact) mass is 353 g/mol. The van der Waals surface area contributed by atoms with E-state index in [0.717, 1.165) is 16.3 Å². The van der Waals surface area contributed by atoms with E-state index in [4.69, 9.17) is 4.74 Å². The van der Waals surface area contributed by atoms with Crippen molar-refractivity contribution in [3.8, 4) is 0 Å². The third-order valence-corrected chi connectivity index (χ3v) is 4.79. The van der Waals surface area contributed by atoms with E-state index in [-0.39, 0.29) is 17.8 Å². The number of aliphatic hydroxyl groups is 1. The van der Waals surface area contributed by atoms with Gasteiger partial charge in [0.05, 0.1) is 11.6 Å².